The molecular formula is C36H80BBrLiN. The second-order valence-electron chi connectivity index (χ2n) is 13.4. The molecule has 240 valence electrons. The smallest absolute Gasteiger partial charge is 1.00 e. The van der Waals surface area contributed by atoms with Gasteiger partial charge in [-0.25, -0.2) is 0 Å². The van der Waals surface area contributed by atoms with E-state index < -0.39 is 0 Å². The van der Waals surface area contributed by atoms with Crippen molar-refractivity contribution in [2.45, 2.75) is 209 Å². The summed E-state index contributed by atoms with van der Waals surface area (Å²) in [5, 5.41) is 0. The second kappa shape index (κ2) is 36.3. The zero-order valence-electron chi connectivity index (χ0n) is 30.2. The fourth-order valence-corrected chi connectivity index (χ4v) is 6.87. The quantitative estimate of drug-likeness (QED) is 0.0491. The van der Waals surface area contributed by atoms with Crippen LogP contribution in [0.3, 0.4) is 0 Å². The summed E-state index contributed by atoms with van der Waals surface area (Å²) in [7, 11) is 0. The van der Waals surface area contributed by atoms with Gasteiger partial charge in [0, 0.05) is 6.15 Å². The van der Waals surface area contributed by atoms with Crippen molar-refractivity contribution in [3.63, 3.8) is 0 Å². The predicted molar refractivity (Wildman–Crippen MR) is 182 cm³/mol. The van der Waals surface area contributed by atoms with Crippen LogP contribution in [0.1, 0.15) is 184 Å². The molecule has 4 heteroatoms. The Bertz CT molecular complexity index is 365. The molecule has 0 atom stereocenters. The summed E-state index contributed by atoms with van der Waals surface area (Å²) < 4.78 is 1.44. The number of rotatable bonds is 28. The molecule has 0 saturated heterocycles. The van der Waals surface area contributed by atoms with Crippen LogP contribution in [0.25, 0.3) is 0 Å². The first-order chi connectivity index (χ1) is 18.5. The van der Waals surface area contributed by atoms with Gasteiger partial charge in [-0.1, -0.05) is 132 Å². The first kappa shape index (κ1) is 48.0. The predicted octanol–water partition coefficient (Wildman–Crippen LogP) is 7.21. The van der Waals surface area contributed by atoms with Gasteiger partial charge in [-0.2, -0.15) is 25.3 Å². The zero-order chi connectivity index (χ0) is 28.8. The SMILES string of the molecule is CCCCC[N+](CCCCC)(CCCCC)CCCCC.CCCC[B-](CCCC)(CCCC)CCCC.[Br-].[Li+]. The van der Waals surface area contributed by atoms with Crippen LogP contribution >= 0.6 is 0 Å². The van der Waals surface area contributed by atoms with Gasteiger partial charge in [0.1, 0.15) is 0 Å². The molecule has 0 aromatic heterocycles. The van der Waals surface area contributed by atoms with Crippen LogP contribution in [0.4, 0.5) is 0 Å². The second-order valence-corrected chi connectivity index (χ2v) is 13.4. The molecule has 0 unspecified atom stereocenters. The van der Waals surface area contributed by atoms with Gasteiger partial charge in [0.15, 0.2) is 0 Å². The first-order valence-corrected chi connectivity index (χ1v) is 18.6. The van der Waals surface area contributed by atoms with Crippen molar-refractivity contribution in [1.29, 1.82) is 0 Å². The molecule has 0 N–H and O–H groups in total. The van der Waals surface area contributed by atoms with Crippen molar-refractivity contribution in [1.82, 2.24) is 0 Å². The minimum absolute atomic E-state index is 0. The van der Waals surface area contributed by atoms with Crippen molar-refractivity contribution in [3.05, 3.63) is 0 Å². The third-order valence-electron chi connectivity index (χ3n) is 9.62. The van der Waals surface area contributed by atoms with Crippen molar-refractivity contribution in [2.75, 3.05) is 26.2 Å². The van der Waals surface area contributed by atoms with Gasteiger partial charge >= 0.3 is 18.9 Å². The minimum atomic E-state index is -0.00722. The molecule has 0 amide bonds. The number of nitrogens with zero attached hydrogens (tertiary/aromatic N) is 1. The topological polar surface area (TPSA) is 0 Å². The molecule has 0 aromatic rings. The maximum atomic E-state index is 2.35. The van der Waals surface area contributed by atoms with Crippen molar-refractivity contribution in [3.8, 4) is 0 Å². The molecule has 0 aromatic carbocycles. The van der Waals surface area contributed by atoms with E-state index in [1.54, 1.807) is 25.3 Å². The first-order valence-electron chi connectivity index (χ1n) is 18.6. The maximum Gasteiger partial charge on any atom is 1.00 e. The van der Waals surface area contributed by atoms with Gasteiger partial charge in [-0.15, -0.1) is 0 Å². The number of halogens is 1. The molecule has 0 aliphatic heterocycles. The Kier molecular flexibility index (Phi) is 43.6. The monoisotopic (exact) mass is 624 g/mol. The van der Waals surface area contributed by atoms with Crippen LogP contribution in [0.2, 0.25) is 25.3 Å². The fraction of sp³-hybridized carbons (Fsp3) is 1.00. The van der Waals surface area contributed by atoms with Gasteiger partial charge in [0.05, 0.1) is 26.2 Å². The van der Waals surface area contributed by atoms with E-state index in [0.29, 0.717) is 0 Å². The molecule has 0 heterocycles. The Hall–Kier alpha value is 1.10. The molecule has 0 spiro atoms. The van der Waals surface area contributed by atoms with Gasteiger partial charge in [-0.3, -0.25) is 0 Å². The van der Waals surface area contributed by atoms with Crippen LogP contribution in [0, 0.1) is 0 Å². The summed E-state index contributed by atoms with van der Waals surface area (Å²) in [6.07, 6.45) is 34.5. The minimum Gasteiger partial charge on any atom is -1.00 e. The molecule has 0 radical (unpaired) electrons. The average Bonchev–Trinajstić information content (AvgIpc) is 2.93. The average molecular weight is 625 g/mol. The summed E-state index contributed by atoms with van der Waals surface area (Å²) in [4.78, 5) is 0. The van der Waals surface area contributed by atoms with Crippen LogP contribution in [0.15, 0.2) is 0 Å². The summed E-state index contributed by atoms with van der Waals surface area (Å²) in [5.74, 6) is 0. The van der Waals surface area contributed by atoms with E-state index in [2.05, 4.69) is 55.4 Å². The maximum absolute atomic E-state index is 2.35. The largest absolute Gasteiger partial charge is 1.00 e. The Morgan fingerprint density at radius 2 is 0.525 bits per heavy atom. The van der Waals surface area contributed by atoms with E-state index in [1.807, 2.05) is 0 Å². The summed E-state index contributed by atoms with van der Waals surface area (Å²) in [6.45, 7) is 24.5. The van der Waals surface area contributed by atoms with Crippen LogP contribution in [-0.4, -0.2) is 36.8 Å². The number of hydrogen-bond acceptors (Lipinski definition) is 0. The number of hydrogen-bond donors (Lipinski definition) is 0. The van der Waals surface area contributed by atoms with E-state index >= 15 is 0 Å². The van der Waals surface area contributed by atoms with Gasteiger partial charge in [0.2, 0.25) is 0 Å². The standard InChI is InChI=1S/C20H44N.C16H36B.BrH.Li/c1-5-9-13-17-21(18-14-10-6-2,19-15-11-7-3)20-16-12-8-4;1-5-9-13-17(14-10-6-2,15-11-7-3)16-12-8-4;;/h5-20H2,1-4H3;5-16H2,1-4H3;1H;/q+1;-1;;+1/p-1. The normalized spacial score (nSPS) is 11.4. The molecule has 40 heavy (non-hydrogen) atoms. The summed E-state index contributed by atoms with van der Waals surface area (Å²) in [5.41, 5.74) is 0. The molecule has 0 bridgehead atoms. The molecular weight excluding hydrogens is 544 g/mol. The fourth-order valence-electron chi connectivity index (χ4n) is 6.87. The summed E-state index contributed by atoms with van der Waals surface area (Å²) >= 11 is 0. The van der Waals surface area contributed by atoms with Crippen molar-refractivity contribution < 1.29 is 40.3 Å². The number of unbranched alkanes of at least 4 members (excludes halogenated alkanes) is 12. The van der Waals surface area contributed by atoms with E-state index in [1.165, 1.54) is 159 Å². The zero-order valence-corrected chi connectivity index (χ0v) is 31.8. The molecule has 0 rings (SSSR count). The Balaban J connectivity index is -0.000000315. The van der Waals surface area contributed by atoms with Gasteiger partial charge in [0.25, 0.3) is 0 Å². The van der Waals surface area contributed by atoms with E-state index in [9.17, 15) is 0 Å². The van der Waals surface area contributed by atoms with Crippen LogP contribution < -0.4 is 35.8 Å². The third-order valence-corrected chi connectivity index (χ3v) is 9.62. The Morgan fingerprint density at radius 3 is 0.700 bits per heavy atom. The molecule has 0 aliphatic rings. The molecule has 0 fully saturated rings. The summed E-state index contributed by atoms with van der Waals surface area (Å²) in [6, 6.07) is 0. The molecule has 0 aliphatic carbocycles. The van der Waals surface area contributed by atoms with Crippen molar-refractivity contribution >= 4 is 6.15 Å². The van der Waals surface area contributed by atoms with Gasteiger partial charge in [-0.05, 0) is 51.4 Å². The van der Waals surface area contributed by atoms with Crippen molar-refractivity contribution in [2.24, 2.45) is 0 Å². The van der Waals surface area contributed by atoms with E-state index in [0.717, 1.165) is 0 Å². The van der Waals surface area contributed by atoms with E-state index in [4.69, 9.17) is 0 Å². The Labute approximate surface area is 280 Å². The van der Waals surface area contributed by atoms with Crippen LogP contribution in [0.5, 0.6) is 0 Å². The van der Waals surface area contributed by atoms with Gasteiger partial charge < -0.3 is 21.5 Å². The third kappa shape index (κ3) is 27.9. The molecule has 1 nitrogen and oxygen atoms in total. The number of quaternary nitrogens is 1. The Morgan fingerprint density at radius 1 is 0.325 bits per heavy atom. The van der Waals surface area contributed by atoms with E-state index in [-0.39, 0.29) is 42.0 Å². The van der Waals surface area contributed by atoms with Crippen LogP contribution in [-0.2, 0) is 0 Å². The molecule has 0 saturated carbocycles.